The van der Waals surface area contributed by atoms with Gasteiger partial charge in [0.25, 0.3) is 0 Å². The van der Waals surface area contributed by atoms with E-state index in [9.17, 15) is 4.39 Å². The van der Waals surface area contributed by atoms with Crippen molar-refractivity contribution in [1.82, 2.24) is 4.98 Å². The number of halogens is 1. The maximum absolute atomic E-state index is 12.2. The van der Waals surface area contributed by atoms with Crippen molar-refractivity contribution >= 4 is 12.6 Å². The third-order valence-electron chi connectivity index (χ3n) is 1.00. The lowest BCUT2D eigenvalue weighted by Gasteiger charge is -1.90. The summed E-state index contributed by atoms with van der Waals surface area (Å²) >= 11 is 0. The van der Waals surface area contributed by atoms with Crippen LogP contribution < -0.4 is 5.46 Å². The zero-order chi connectivity index (χ0) is 6.85. The highest BCUT2D eigenvalue weighted by Crippen LogP contribution is 1.89. The molecule has 48 valence electrons. The van der Waals surface area contributed by atoms with Gasteiger partial charge in [0, 0.05) is 17.9 Å². The average molecular weight is 129 g/mol. The van der Waals surface area contributed by atoms with Crippen molar-refractivity contribution < 1.29 is 14.4 Å². The van der Waals surface area contributed by atoms with Gasteiger partial charge >= 0.3 is 7.12 Å². The zero-order valence-electron chi connectivity index (χ0n) is 4.50. The van der Waals surface area contributed by atoms with Gasteiger partial charge in [0.2, 0.25) is 0 Å². The summed E-state index contributed by atoms with van der Waals surface area (Å²) in [5, 5.41) is 16.8. The third-order valence-corrected chi connectivity index (χ3v) is 1.00. The Labute approximate surface area is 51.3 Å². The van der Waals surface area contributed by atoms with Crippen LogP contribution in [0.3, 0.4) is 0 Å². The van der Waals surface area contributed by atoms with Crippen LogP contribution in [0.4, 0.5) is 4.39 Å². The summed E-state index contributed by atoms with van der Waals surface area (Å²) in [7, 11) is -1.73. The van der Waals surface area contributed by atoms with Crippen LogP contribution >= 0.6 is 0 Å². The van der Waals surface area contributed by atoms with Crippen molar-refractivity contribution in [3.63, 3.8) is 0 Å². The summed E-state index contributed by atoms with van der Waals surface area (Å²) in [5.74, 6) is -0.634. The second-order valence-electron chi connectivity index (χ2n) is 1.63. The number of hydrogen-bond acceptors (Lipinski definition) is 2. The molecule has 3 nitrogen and oxygen atoms in total. The molecule has 0 saturated carbocycles. The van der Waals surface area contributed by atoms with Crippen molar-refractivity contribution in [2.45, 2.75) is 0 Å². The molecule has 3 N–H and O–H groups in total. The van der Waals surface area contributed by atoms with Crippen molar-refractivity contribution in [3.05, 3.63) is 18.2 Å². The van der Waals surface area contributed by atoms with Gasteiger partial charge in [0.1, 0.15) is 5.82 Å². The number of H-pyrrole nitrogens is 1. The highest BCUT2D eigenvalue weighted by atomic mass is 19.1. The van der Waals surface area contributed by atoms with Crippen LogP contribution in [-0.2, 0) is 0 Å². The molecule has 1 aromatic rings. The van der Waals surface area contributed by atoms with E-state index >= 15 is 0 Å². The minimum atomic E-state index is -1.73. The average Bonchev–Trinajstić information content (AvgIpc) is 2.13. The predicted molar refractivity (Wildman–Crippen MR) is 30.6 cm³/mol. The SMILES string of the molecule is OB(O)c1c[nH]cc1F. The molecule has 0 radical (unpaired) electrons. The molecular formula is C4H5BFNO2. The zero-order valence-corrected chi connectivity index (χ0v) is 4.50. The largest absolute Gasteiger partial charge is 0.493 e. The molecule has 0 fully saturated rings. The Hall–Kier alpha value is -0.805. The summed E-state index contributed by atoms with van der Waals surface area (Å²) in [6.45, 7) is 0. The minimum absolute atomic E-state index is 0.130. The van der Waals surface area contributed by atoms with Gasteiger partial charge in [0.15, 0.2) is 0 Å². The Kier molecular flexibility index (Phi) is 1.55. The van der Waals surface area contributed by atoms with Gasteiger partial charge in [-0.25, -0.2) is 4.39 Å². The highest BCUT2D eigenvalue weighted by Gasteiger charge is 2.15. The molecule has 0 saturated heterocycles. The van der Waals surface area contributed by atoms with Gasteiger partial charge < -0.3 is 15.0 Å². The van der Waals surface area contributed by atoms with Crippen LogP contribution in [0, 0.1) is 5.82 Å². The molecule has 0 unspecified atom stereocenters. The van der Waals surface area contributed by atoms with Gasteiger partial charge in [-0.3, -0.25) is 0 Å². The van der Waals surface area contributed by atoms with Crippen LogP contribution in [0.5, 0.6) is 0 Å². The van der Waals surface area contributed by atoms with Crippen LogP contribution in [0.15, 0.2) is 12.4 Å². The molecule has 0 aliphatic rings. The first-order chi connectivity index (χ1) is 4.22. The molecule has 0 aliphatic carbocycles. The van der Waals surface area contributed by atoms with Crippen LogP contribution in [0.1, 0.15) is 0 Å². The number of nitrogens with one attached hydrogen (secondary N) is 1. The summed E-state index contributed by atoms with van der Waals surface area (Å²) in [5.41, 5.74) is -0.130. The third kappa shape index (κ3) is 1.12. The normalized spacial score (nSPS) is 9.67. The van der Waals surface area contributed by atoms with E-state index in [4.69, 9.17) is 10.0 Å². The molecule has 0 aromatic carbocycles. The molecule has 9 heavy (non-hydrogen) atoms. The van der Waals surface area contributed by atoms with Crippen molar-refractivity contribution in [2.24, 2.45) is 0 Å². The van der Waals surface area contributed by atoms with Gasteiger partial charge in [-0.2, -0.15) is 0 Å². The monoisotopic (exact) mass is 129 g/mol. The molecule has 0 aliphatic heterocycles. The van der Waals surface area contributed by atoms with E-state index in [1.807, 2.05) is 0 Å². The van der Waals surface area contributed by atoms with E-state index in [1.54, 1.807) is 0 Å². The fourth-order valence-electron chi connectivity index (χ4n) is 0.555. The summed E-state index contributed by atoms with van der Waals surface area (Å²) in [6, 6.07) is 0. The van der Waals surface area contributed by atoms with E-state index in [1.165, 1.54) is 6.20 Å². The molecule has 5 heteroatoms. The van der Waals surface area contributed by atoms with E-state index in [2.05, 4.69) is 4.98 Å². The molecule has 0 atom stereocenters. The molecular weight excluding hydrogens is 124 g/mol. The number of aromatic nitrogens is 1. The van der Waals surface area contributed by atoms with E-state index in [-0.39, 0.29) is 5.46 Å². The molecule has 0 amide bonds. The molecule has 1 heterocycles. The lowest BCUT2D eigenvalue weighted by atomic mass is 9.82. The topological polar surface area (TPSA) is 56.2 Å². The first kappa shape index (κ1) is 6.32. The lowest BCUT2D eigenvalue weighted by Crippen LogP contribution is -2.30. The van der Waals surface area contributed by atoms with E-state index in [0.29, 0.717) is 0 Å². The van der Waals surface area contributed by atoms with Crippen LogP contribution in [0.2, 0.25) is 0 Å². The van der Waals surface area contributed by atoms with Crippen molar-refractivity contribution in [3.8, 4) is 0 Å². The lowest BCUT2D eigenvalue weighted by molar-refractivity contribution is 0.423. The number of hydrogen-bond donors (Lipinski definition) is 3. The van der Waals surface area contributed by atoms with Crippen molar-refractivity contribution in [2.75, 3.05) is 0 Å². The second-order valence-corrected chi connectivity index (χ2v) is 1.63. The first-order valence-corrected chi connectivity index (χ1v) is 2.40. The summed E-state index contributed by atoms with van der Waals surface area (Å²) in [4.78, 5) is 2.38. The maximum Gasteiger partial charge on any atom is 0.493 e. The fraction of sp³-hybridized carbons (Fsp3) is 0. The Morgan fingerprint density at radius 3 is 2.33 bits per heavy atom. The molecule has 1 aromatic heterocycles. The second kappa shape index (κ2) is 2.20. The van der Waals surface area contributed by atoms with E-state index in [0.717, 1.165) is 6.20 Å². The summed E-state index contributed by atoms with van der Waals surface area (Å²) < 4.78 is 12.2. The molecule has 0 spiro atoms. The van der Waals surface area contributed by atoms with Gasteiger partial charge in [-0.1, -0.05) is 0 Å². The maximum atomic E-state index is 12.2. The Morgan fingerprint density at radius 2 is 2.11 bits per heavy atom. The van der Waals surface area contributed by atoms with Crippen LogP contribution in [-0.4, -0.2) is 22.2 Å². The van der Waals surface area contributed by atoms with Crippen molar-refractivity contribution in [1.29, 1.82) is 0 Å². The smallest absolute Gasteiger partial charge is 0.423 e. The number of rotatable bonds is 1. The van der Waals surface area contributed by atoms with E-state index < -0.39 is 12.9 Å². The molecule has 1 rings (SSSR count). The Morgan fingerprint density at radius 1 is 1.44 bits per heavy atom. The van der Waals surface area contributed by atoms with Crippen LogP contribution in [0.25, 0.3) is 0 Å². The molecule has 0 bridgehead atoms. The standard InChI is InChI=1S/C4H5BFNO2/c6-4-2-7-1-3(4)5(8)9/h1-2,7-9H. The Bertz CT molecular complexity index is 200. The Balaban J connectivity index is 2.94. The number of aromatic amines is 1. The van der Waals surface area contributed by atoms with Gasteiger partial charge in [-0.05, 0) is 0 Å². The highest BCUT2D eigenvalue weighted by molar-refractivity contribution is 6.58. The van der Waals surface area contributed by atoms with Gasteiger partial charge in [0.05, 0.1) is 0 Å². The predicted octanol–water partition coefficient (Wildman–Crippen LogP) is -1.17. The quantitative estimate of drug-likeness (QED) is 0.418. The van der Waals surface area contributed by atoms with Gasteiger partial charge in [-0.15, -0.1) is 0 Å². The fourth-order valence-corrected chi connectivity index (χ4v) is 0.555. The summed E-state index contributed by atoms with van der Waals surface area (Å²) in [6.07, 6.45) is 2.24. The minimum Gasteiger partial charge on any atom is -0.423 e. The first-order valence-electron chi connectivity index (χ1n) is 2.40.